The molecular weight excluding hydrogens is 402 g/mol. The van der Waals surface area contributed by atoms with E-state index in [-0.39, 0.29) is 34.5 Å². The first-order chi connectivity index (χ1) is 14.4. The fraction of sp³-hybridized carbons (Fsp3) is 0.130. The van der Waals surface area contributed by atoms with Gasteiger partial charge in [-0.2, -0.15) is 5.10 Å². The summed E-state index contributed by atoms with van der Waals surface area (Å²) in [5, 5.41) is 9.77. The Balaban J connectivity index is 1.44. The lowest BCUT2D eigenvalue weighted by molar-refractivity contribution is 0.0974. The maximum atomic E-state index is 12.7. The average molecular weight is 420 g/mol. The summed E-state index contributed by atoms with van der Waals surface area (Å²) >= 11 is 6.16. The van der Waals surface area contributed by atoms with Crippen molar-refractivity contribution in [2.24, 2.45) is 0 Å². The highest BCUT2D eigenvalue weighted by Gasteiger charge is 2.30. The van der Waals surface area contributed by atoms with E-state index in [2.05, 4.69) is 15.5 Å². The van der Waals surface area contributed by atoms with Crippen molar-refractivity contribution < 1.29 is 14.4 Å². The van der Waals surface area contributed by atoms with Gasteiger partial charge in [0.2, 0.25) is 11.6 Å². The van der Waals surface area contributed by atoms with Crippen LogP contribution in [0, 0.1) is 6.92 Å². The third kappa shape index (κ3) is 3.82. The maximum absolute atomic E-state index is 12.7. The van der Waals surface area contributed by atoms with E-state index in [1.807, 2.05) is 13.0 Å². The summed E-state index contributed by atoms with van der Waals surface area (Å²) in [5.41, 5.74) is 3.77. The Bertz CT molecular complexity index is 1190. The number of hydrogen-bond acceptors (Lipinski definition) is 5. The third-order valence-corrected chi connectivity index (χ3v) is 5.27. The maximum Gasteiger partial charge on any atom is 0.211 e. The lowest BCUT2D eigenvalue weighted by atomic mass is 9.92. The Morgan fingerprint density at radius 2 is 1.70 bits per heavy atom. The monoisotopic (exact) mass is 419 g/mol. The number of Topliss-reactive ketones (excluding diaryl/α,β-unsaturated/α-hetero) is 3. The Hall–Kier alpha value is -3.51. The van der Waals surface area contributed by atoms with Gasteiger partial charge in [0.25, 0.3) is 0 Å². The van der Waals surface area contributed by atoms with Crippen LogP contribution >= 0.6 is 11.6 Å². The topological polar surface area (TPSA) is 91.9 Å². The third-order valence-electron chi connectivity index (χ3n) is 4.91. The number of aryl methyl sites for hydroxylation is 1. The lowest BCUT2D eigenvalue weighted by Gasteiger charge is -2.19. The molecule has 1 heterocycles. The molecule has 30 heavy (non-hydrogen) atoms. The zero-order chi connectivity index (χ0) is 21.3. The van der Waals surface area contributed by atoms with Crippen molar-refractivity contribution in [3.05, 3.63) is 99.0 Å². The molecule has 0 bridgehead atoms. The molecule has 0 fully saturated rings. The summed E-state index contributed by atoms with van der Waals surface area (Å²) in [7, 11) is 0. The van der Waals surface area contributed by atoms with Crippen molar-refractivity contribution in [1.29, 1.82) is 0 Å². The summed E-state index contributed by atoms with van der Waals surface area (Å²) < 4.78 is 0. The SMILES string of the molecule is Cc1cc(CC(=O)c2ccc(CNC3=C(Cl)C(=O)c4ccccc4C3=O)cc2)n[nH]1. The molecule has 0 saturated carbocycles. The number of carbonyl (C=O) groups is 3. The summed E-state index contributed by atoms with van der Waals surface area (Å²) in [6, 6.07) is 15.5. The number of nitrogens with zero attached hydrogens (tertiary/aromatic N) is 1. The number of halogens is 1. The molecule has 2 N–H and O–H groups in total. The van der Waals surface area contributed by atoms with Crippen LogP contribution in [0.25, 0.3) is 0 Å². The van der Waals surface area contributed by atoms with E-state index in [1.165, 1.54) is 0 Å². The number of allylic oxidation sites excluding steroid dienone is 2. The van der Waals surface area contributed by atoms with Gasteiger partial charge in [-0.3, -0.25) is 19.5 Å². The molecule has 2 aromatic carbocycles. The molecule has 0 amide bonds. The minimum Gasteiger partial charge on any atom is -0.376 e. The minimum absolute atomic E-state index is 0.0311. The second kappa shape index (κ2) is 8.08. The Morgan fingerprint density at radius 3 is 2.33 bits per heavy atom. The van der Waals surface area contributed by atoms with E-state index in [0.29, 0.717) is 28.9 Å². The molecule has 1 aliphatic rings. The van der Waals surface area contributed by atoms with Crippen molar-refractivity contribution in [3.63, 3.8) is 0 Å². The lowest BCUT2D eigenvalue weighted by Crippen LogP contribution is -2.28. The summed E-state index contributed by atoms with van der Waals surface area (Å²) in [5.74, 6) is -0.711. The summed E-state index contributed by atoms with van der Waals surface area (Å²) in [4.78, 5) is 37.5. The molecule has 6 nitrogen and oxygen atoms in total. The van der Waals surface area contributed by atoms with Crippen molar-refractivity contribution in [2.45, 2.75) is 19.9 Å². The van der Waals surface area contributed by atoms with E-state index in [9.17, 15) is 14.4 Å². The highest BCUT2D eigenvalue weighted by atomic mass is 35.5. The number of carbonyl (C=O) groups excluding carboxylic acids is 3. The van der Waals surface area contributed by atoms with Crippen LogP contribution in [0.2, 0.25) is 0 Å². The van der Waals surface area contributed by atoms with E-state index in [1.54, 1.807) is 48.5 Å². The Morgan fingerprint density at radius 1 is 1.03 bits per heavy atom. The largest absolute Gasteiger partial charge is 0.376 e. The van der Waals surface area contributed by atoms with Crippen molar-refractivity contribution >= 4 is 29.0 Å². The fourth-order valence-corrected chi connectivity index (χ4v) is 3.59. The van der Waals surface area contributed by atoms with Crippen LogP contribution in [-0.2, 0) is 13.0 Å². The molecule has 0 unspecified atom stereocenters. The number of benzene rings is 2. The van der Waals surface area contributed by atoms with Gasteiger partial charge in [0.15, 0.2) is 5.78 Å². The van der Waals surface area contributed by atoms with Crippen LogP contribution in [-0.4, -0.2) is 27.5 Å². The number of hydrogen-bond donors (Lipinski definition) is 2. The highest BCUT2D eigenvalue weighted by molar-refractivity contribution is 6.49. The molecule has 4 rings (SSSR count). The molecule has 150 valence electrons. The van der Waals surface area contributed by atoms with Gasteiger partial charge in [0, 0.05) is 28.9 Å². The van der Waals surface area contributed by atoms with E-state index < -0.39 is 0 Å². The zero-order valence-electron chi connectivity index (χ0n) is 16.2. The standard InChI is InChI=1S/C23H18ClN3O3/c1-13-10-16(27-26-13)11-19(28)15-8-6-14(7-9-15)12-25-21-20(24)22(29)17-4-2-3-5-18(17)23(21)30/h2-10,25H,11-12H2,1H3,(H,26,27). The van der Waals surface area contributed by atoms with Gasteiger partial charge in [-0.15, -0.1) is 0 Å². The molecule has 0 atom stereocenters. The van der Waals surface area contributed by atoms with Gasteiger partial charge in [-0.05, 0) is 18.6 Å². The van der Waals surface area contributed by atoms with E-state index >= 15 is 0 Å². The van der Waals surface area contributed by atoms with Gasteiger partial charge in [-0.25, -0.2) is 0 Å². The first kappa shape index (κ1) is 19.8. The number of aromatic nitrogens is 2. The van der Waals surface area contributed by atoms with Gasteiger partial charge in [-0.1, -0.05) is 60.1 Å². The van der Waals surface area contributed by atoms with Crippen LogP contribution in [0.15, 0.2) is 65.3 Å². The van der Waals surface area contributed by atoms with Crippen LogP contribution in [0.1, 0.15) is 48.0 Å². The average Bonchev–Trinajstić information content (AvgIpc) is 3.17. The summed E-state index contributed by atoms with van der Waals surface area (Å²) in [6.07, 6.45) is 0.223. The van der Waals surface area contributed by atoms with Gasteiger partial charge >= 0.3 is 0 Å². The van der Waals surface area contributed by atoms with Gasteiger partial charge in [0.05, 0.1) is 12.1 Å². The smallest absolute Gasteiger partial charge is 0.211 e. The number of rotatable bonds is 6. The first-order valence-corrected chi connectivity index (χ1v) is 9.77. The van der Waals surface area contributed by atoms with Gasteiger partial charge in [0.1, 0.15) is 10.7 Å². The van der Waals surface area contributed by atoms with Crippen LogP contribution < -0.4 is 5.32 Å². The fourth-order valence-electron chi connectivity index (χ4n) is 3.33. The van der Waals surface area contributed by atoms with E-state index in [0.717, 1.165) is 11.3 Å². The number of aromatic amines is 1. The molecule has 0 saturated heterocycles. The predicted molar refractivity (Wildman–Crippen MR) is 113 cm³/mol. The predicted octanol–water partition coefficient (Wildman–Crippen LogP) is 3.76. The summed E-state index contributed by atoms with van der Waals surface area (Å²) in [6.45, 7) is 2.17. The Labute approximate surface area is 178 Å². The van der Waals surface area contributed by atoms with Crippen LogP contribution in [0.5, 0.6) is 0 Å². The van der Waals surface area contributed by atoms with E-state index in [4.69, 9.17) is 11.6 Å². The Kier molecular flexibility index (Phi) is 5.33. The molecule has 0 aliphatic heterocycles. The number of nitrogens with one attached hydrogen (secondary N) is 2. The second-order valence-electron chi connectivity index (χ2n) is 7.09. The highest BCUT2D eigenvalue weighted by Crippen LogP contribution is 2.27. The number of H-pyrrole nitrogens is 1. The number of fused-ring (bicyclic) bond motifs is 1. The quantitative estimate of drug-likeness (QED) is 0.593. The minimum atomic E-state index is -0.371. The second-order valence-corrected chi connectivity index (χ2v) is 7.46. The molecule has 0 spiro atoms. The van der Waals surface area contributed by atoms with Crippen LogP contribution in [0.4, 0.5) is 0 Å². The van der Waals surface area contributed by atoms with Gasteiger partial charge < -0.3 is 5.32 Å². The van der Waals surface area contributed by atoms with Crippen molar-refractivity contribution in [2.75, 3.05) is 0 Å². The zero-order valence-corrected chi connectivity index (χ0v) is 16.9. The first-order valence-electron chi connectivity index (χ1n) is 9.39. The van der Waals surface area contributed by atoms with Crippen molar-refractivity contribution in [1.82, 2.24) is 15.5 Å². The van der Waals surface area contributed by atoms with Crippen molar-refractivity contribution in [3.8, 4) is 0 Å². The molecule has 1 aromatic heterocycles. The molecular formula is C23H18ClN3O3. The molecule has 7 heteroatoms. The molecule has 3 aromatic rings. The number of ketones is 3. The molecule has 1 aliphatic carbocycles. The molecule has 0 radical (unpaired) electrons. The normalized spacial score (nSPS) is 13.4. The van der Waals surface area contributed by atoms with Crippen LogP contribution in [0.3, 0.4) is 0 Å².